The SMILES string of the molecule is Cc1ccc(S(=O)(=O)N[C@H](c2ccccc2)[C@H](N=[N+]=[N-])c2ccccc2)cc1. The van der Waals surface area contributed by atoms with Crippen molar-refractivity contribution in [1.29, 1.82) is 0 Å². The Labute approximate surface area is 164 Å². The number of nitrogens with zero attached hydrogens (tertiary/aromatic N) is 3. The molecule has 0 radical (unpaired) electrons. The lowest BCUT2D eigenvalue weighted by atomic mass is 9.95. The lowest BCUT2D eigenvalue weighted by molar-refractivity contribution is 0.503. The molecule has 28 heavy (non-hydrogen) atoms. The molecule has 0 aliphatic heterocycles. The Morgan fingerprint density at radius 3 is 1.93 bits per heavy atom. The minimum Gasteiger partial charge on any atom is -0.207 e. The minimum atomic E-state index is -3.83. The third-order valence-corrected chi connectivity index (χ3v) is 5.86. The van der Waals surface area contributed by atoms with Crippen molar-refractivity contribution in [2.24, 2.45) is 5.11 Å². The molecule has 0 aromatic heterocycles. The lowest BCUT2D eigenvalue weighted by Crippen LogP contribution is -2.32. The highest BCUT2D eigenvalue weighted by atomic mass is 32.2. The van der Waals surface area contributed by atoms with Gasteiger partial charge in [0.1, 0.15) is 0 Å². The Morgan fingerprint density at radius 2 is 1.39 bits per heavy atom. The van der Waals surface area contributed by atoms with E-state index in [1.807, 2.05) is 67.6 Å². The summed E-state index contributed by atoms with van der Waals surface area (Å²) in [7, 11) is -3.83. The highest BCUT2D eigenvalue weighted by Gasteiger charge is 2.29. The molecular weight excluding hydrogens is 372 g/mol. The first-order valence-corrected chi connectivity index (χ1v) is 10.2. The van der Waals surface area contributed by atoms with Crippen LogP contribution in [0.25, 0.3) is 10.4 Å². The van der Waals surface area contributed by atoms with Crippen LogP contribution in [0.2, 0.25) is 0 Å². The second-order valence-corrected chi connectivity index (χ2v) is 8.10. The Bertz CT molecular complexity index is 1060. The molecule has 3 aromatic rings. The number of nitrogens with one attached hydrogen (secondary N) is 1. The van der Waals surface area contributed by atoms with Gasteiger partial charge in [-0.1, -0.05) is 83.5 Å². The van der Waals surface area contributed by atoms with Gasteiger partial charge in [0.15, 0.2) is 0 Å². The van der Waals surface area contributed by atoms with Gasteiger partial charge >= 0.3 is 0 Å². The Kier molecular flexibility index (Phi) is 6.11. The molecule has 0 fully saturated rings. The number of sulfonamides is 1. The first-order chi connectivity index (χ1) is 13.5. The smallest absolute Gasteiger partial charge is 0.207 e. The van der Waals surface area contributed by atoms with E-state index in [9.17, 15) is 8.42 Å². The van der Waals surface area contributed by atoms with E-state index in [0.717, 1.165) is 11.1 Å². The topological polar surface area (TPSA) is 94.9 Å². The van der Waals surface area contributed by atoms with E-state index in [4.69, 9.17) is 5.53 Å². The van der Waals surface area contributed by atoms with Gasteiger partial charge in [-0.3, -0.25) is 0 Å². The predicted octanol–water partition coefficient (Wildman–Crippen LogP) is 5.07. The molecular formula is C21H20N4O2S. The van der Waals surface area contributed by atoms with E-state index in [-0.39, 0.29) is 4.90 Å². The summed E-state index contributed by atoms with van der Waals surface area (Å²) < 4.78 is 28.8. The molecule has 0 bridgehead atoms. The van der Waals surface area contributed by atoms with Crippen LogP contribution < -0.4 is 4.72 Å². The van der Waals surface area contributed by atoms with Crippen LogP contribution in [0.4, 0.5) is 0 Å². The van der Waals surface area contributed by atoms with Crippen LogP contribution in [0.5, 0.6) is 0 Å². The van der Waals surface area contributed by atoms with E-state index in [1.54, 1.807) is 24.3 Å². The lowest BCUT2D eigenvalue weighted by Gasteiger charge is -2.25. The third-order valence-electron chi connectivity index (χ3n) is 4.40. The molecule has 2 atom stereocenters. The molecule has 7 heteroatoms. The summed E-state index contributed by atoms with van der Waals surface area (Å²) in [5.74, 6) is 0. The average Bonchev–Trinajstić information content (AvgIpc) is 2.72. The van der Waals surface area contributed by atoms with Gasteiger partial charge < -0.3 is 0 Å². The van der Waals surface area contributed by atoms with Gasteiger partial charge in [-0.05, 0) is 35.7 Å². The second kappa shape index (κ2) is 8.71. The van der Waals surface area contributed by atoms with Crippen LogP contribution in [0.15, 0.2) is 94.9 Å². The summed E-state index contributed by atoms with van der Waals surface area (Å²) in [5, 5.41) is 3.92. The minimum absolute atomic E-state index is 0.159. The van der Waals surface area contributed by atoms with Crippen molar-refractivity contribution in [3.05, 3.63) is 112 Å². The highest BCUT2D eigenvalue weighted by molar-refractivity contribution is 7.89. The fourth-order valence-electron chi connectivity index (χ4n) is 2.96. The summed E-state index contributed by atoms with van der Waals surface area (Å²) in [6.07, 6.45) is 0. The normalized spacial score (nSPS) is 13.3. The quantitative estimate of drug-likeness (QED) is 0.345. The molecule has 0 saturated carbocycles. The zero-order valence-corrected chi connectivity index (χ0v) is 16.1. The maximum Gasteiger partial charge on any atom is 0.241 e. The number of rotatable bonds is 7. The summed E-state index contributed by atoms with van der Waals surface area (Å²) in [6.45, 7) is 1.89. The van der Waals surface area contributed by atoms with Crippen LogP contribution in [-0.4, -0.2) is 8.42 Å². The van der Waals surface area contributed by atoms with Crippen LogP contribution >= 0.6 is 0 Å². The molecule has 6 nitrogen and oxygen atoms in total. The van der Waals surface area contributed by atoms with Crippen molar-refractivity contribution in [1.82, 2.24) is 4.72 Å². The number of aryl methyl sites for hydroxylation is 1. The van der Waals surface area contributed by atoms with Crippen molar-refractivity contribution in [3.63, 3.8) is 0 Å². The van der Waals surface area contributed by atoms with Crippen molar-refractivity contribution in [2.75, 3.05) is 0 Å². The monoisotopic (exact) mass is 392 g/mol. The summed E-state index contributed by atoms with van der Waals surface area (Å²) in [6, 6.07) is 23.3. The molecule has 1 N–H and O–H groups in total. The van der Waals surface area contributed by atoms with Gasteiger partial charge in [0, 0.05) is 4.91 Å². The Balaban J connectivity index is 2.07. The van der Waals surface area contributed by atoms with Gasteiger partial charge in [0.25, 0.3) is 0 Å². The van der Waals surface area contributed by atoms with Crippen LogP contribution in [0.3, 0.4) is 0 Å². The maximum atomic E-state index is 13.0. The van der Waals surface area contributed by atoms with Gasteiger partial charge in [-0.15, -0.1) is 0 Å². The largest absolute Gasteiger partial charge is 0.241 e. The molecule has 0 amide bonds. The summed E-state index contributed by atoms with van der Waals surface area (Å²) >= 11 is 0. The molecule has 0 heterocycles. The standard InChI is InChI=1S/C21H20N4O2S/c1-16-12-14-19(15-13-16)28(26,27)24-21(18-10-6-3-7-11-18)20(23-25-22)17-8-4-2-5-9-17/h2-15,20-21,24H,1H3/t20-,21-/m1/s1. The van der Waals surface area contributed by atoms with Gasteiger partial charge in [-0.25, -0.2) is 13.1 Å². The van der Waals surface area contributed by atoms with E-state index < -0.39 is 22.1 Å². The molecule has 3 rings (SSSR count). The van der Waals surface area contributed by atoms with Crippen LogP contribution in [0.1, 0.15) is 28.8 Å². The average molecular weight is 392 g/mol. The number of azide groups is 1. The third kappa shape index (κ3) is 4.58. The van der Waals surface area contributed by atoms with Crippen molar-refractivity contribution in [3.8, 4) is 0 Å². The zero-order valence-electron chi connectivity index (χ0n) is 15.3. The Morgan fingerprint density at radius 1 is 0.857 bits per heavy atom. The van der Waals surface area contributed by atoms with E-state index >= 15 is 0 Å². The van der Waals surface area contributed by atoms with Crippen molar-refractivity contribution < 1.29 is 8.42 Å². The van der Waals surface area contributed by atoms with E-state index in [0.29, 0.717) is 5.56 Å². The summed E-state index contributed by atoms with van der Waals surface area (Å²) in [4.78, 5) is 3.12. The van der Waals surface area contributed by atoms with Crippen LogP contribution in [0, 0.1) is 6.92 Å². The molecule has 0 unspecified atom stereocenters. The first-order valence-electron chi connectivity index (χ1n) is 8.74. The predicted molar refractivity (Wildman–Crippen MR) is 109 cm³/mol. The molecule has 0 saturated heterocycles. The molecule has 0 aliphatic rings. The number of benzene rings is 3. The summed E-state index contributed by atoms with van der Waals surface area (Å²) in [5.41, 5.74) is 11.5. The number of hydrogen-bond donors (Lipinski definition) is 1. The van der Waals surface area contributed by atoms with E-state index in [1.165, 1.54) is 0 Å². The highest BCUT2D eigenvalue weighted by Crippen LogP contribution is 2.33. The molecule has 3 aromatic carbocycles. The second-order valence-electron chi connectivity index (χ2n) is 6.38. The number of hydrogen-bond acceptors (Lipinski definition) is 3. The van der Waals surface area contributed by atoms with Crippen molar-refractivity contribution >= 4 is 10.0 Å². The van der Waals surface area contributed by atoms with Gasteiger partial charge in [-0.2, -0.15) is 0 Å². The first kappa shape index (κ1) is 19.6. The molecule has 142 valence electrons. The maximum absolute atomic E-state index is 13.0. The zero-order chi connectivity index (χ0) is 20.0. The molecule has 0 aliphatic carbocycles. The van der Waals surface area contributed by atoms with Crippen LogP contribution in [-0.2, 0) is 10.0 Å². The van der Waals surface area contributed by atoms with Crippen molar-refractivity contribution in [2.45, 2.75) is 23.9 Å². The fraction of sp³-hybridized carbons (Fsp3) is 0.143. The van der Waals surface area contributed by atoms with E-state index in [2.05, 4.69) is 14.7 Å². The molecule has 0 spiro atoms. The fourth-order valence-corrected chi connectivity index (χ4v) is 4.19. The van der Waals surface area contributed by atoms with Gasteiger partial charge in [0.05, 0.1) is 17.0 Å². The van der Waals surface area contributed by atoms with Gasteiger partial charge in [0.2, 0.25) is 10.0 Å². The Hall–Kier alpha value is -3.12.